The molecule has 5 nitrogen and oxygen atoms in total. The maximum Gasteiger partial charge on any atom is 0.241 e. The van der Waals surface area contributed by atoms with Gasteiger partial charge >= 0.3 is 0 Å². The molecule has 0 saturated heterocycles. The van der Waals surface area contributed by atoms with Crippen molar-refractivity contribution in [1.29, 1.82) is 0 Å². The molecule has 0 radical (unpaired) electrons. The van der Waals surface area contributed by atoms with Crippen molar-refractivity contribution in [3.05, 3.63) is 48.2 Å². The Morgan fingerprint density at radius 3 is 2.85 bits per heavy atom. The fourth-order valence-electron chi connectivity index (χ4n) is 2.94. The van der Waals surface area contributed by atoms with Gasteiger partial charge in [-0.1, -0.05) is 37.7 Å². The number of anilines is 2. The highest BCUT2D eigenvalue weighted by atomic mass is 32.2. The minimum absolute atomic E-state index is 0.0245. The molecule has 0 fully saturated rings. The highest BCUT2D eigenvalue weighted by molar-refractivity contribution is 8.00. The smallest absolute Gasteiger partial charge is 0.241 e. The Kier molecular flexibility index (Phi) is 5.61. The summed E-state index contributed by atoms with van der Waals surface area (Å²) in [6, 6.07) is 11.4. The van der Waals surface area contributed by atoms with Crippen LogP contribution in [0.15, 0.2) is 47.6 Å². The predicted molar refractivity (Wildman–Crippen MR) is 105 cm³/mol. The molecule has 0 bridgehead atoms. The van der Waals surface area contributed by atoms with Gasteiger partial charge in [-0.05, 0) is 42.7 Å². The Morgan fingerprint density at radius 1 is 1.31 bits per heavy atom. The lowest BCUT2D eigenvalue weighted by Crippen LogP contribution is -2.44. The van der Waals surface area contributed by atoms with Crippen LogP contribution in [0.25, 0.3) is 0 Å². The van der Waals surface area contributed by atoms with Gasteiger partial charge in [0.15, 0.2) is 0 Å². The zero-order valence-electron chi connectivity index (χ0n) is 15.2. The monoisotopic (exact) mass is 369 g/mol. The number of thioether (sulfide) groups is 1. The highest BCUT2D eigenvalue weighted by Gasteiger charge is 2.35. The summed E-state index contributed by atoms with van der Waals surface area (Å²) in [6.45, 7) is 6.74. The average molecular weight is 369 g/mol. The molecule has 2 amide bonds. The average Bonchev–Trinajstić information content (AvgIpc) is 2.58. The summed E-state index contributed by atoms with van der Waals surface area (Å²) in [5, 5.41) is 3.24. The maximum absolute atomic E-state index is 13.0. The van der Waals surface area contributed by atoms with Crippen LogP contribution in [0.1, 0.15) is 25.8 Å². The summed E-state index contributed by atoms with van der Waals surface area (Å²) in [5.41, 5.74) is 2.67. The topological polar surface area (TPSA) is 62.3 Å². The highest BCUT2D eigenvalue weighted by Crippen LogP contribution is 2.39. The van der Waals surface area contributed by atoms with Crippen LogP contribution < -0.4 is 10.2 Å². The van der Waals surface area contributed by atoms with E-state index < -0.39 is 5.25 Å². The lowest BCUT2D eigenvalue weighted by molar-refractivity contribution is -0.122. The Hall–Kier alpha value is -2.34. The molecule has 1 aromatic carbocycles. The third-order valence-corrected chi connectivity index (χ3v) is 5.25. The zero-order chi connectivity index (χ0) is 18.7. The number of carbonyl (C=O) groups is 2. The molecular weight excluding hydrogens is 346 g/mol. The van der Waals surface area contributed by atoms with Crippen LogP contribution in [0.5, 0.6) is 0 Å². The summed E-state index contributed by atoms with van der Waals surface area (Å²) in [7, 11) is 0. The minimum atomic E-state index is -0.457. The number of carbonyl (C=O) groups excluding carboxylic acids is 2. The van der Waals surface area contributed by atoms with Crippen LogP contribution in [0.2, 0.25) is 0 Å². The molecule has 136 valence electrons. The number of nitrogens with one attached hydrogen (secondary N) is 1. The van der Waals surface area contributed by atoms with Crippen molar-refractivity contribution in [2.75, 3.05) is 16.8 Å². The lowest BCUT2D eigenvalue weighted by Gasteiger charge is -2.33. The van der Waals surface area contributed by atoms with Gasteiger partial charge in [0, 0.05) is 24.8 Å². The van der Waals surface area contributed by atoms with Gasteiger partial charge in [0.25, 0.3) is 0 Å². The molecule has 3 rings (SSSR count). The van der Waals surface area contributed by atoms with Gasteiger partial charge in [-0.15, -0.1) is 0 Å². The van der Waals surface area contributed by atoms with E-state index >= 15 is 0 Å². The van der Waals surface area contributed by atoms with Crippen LogP contribution in [-0.4, -0.2) is 28.6 Å². The number of hydrogen-bond donors (Lipinski definition) is 1. The van der Waals surface area contributed by atoms with E-state index in [9.17, 15) is 9.59 Å². The minimum Gasteiger partial charge on any atom is -0.326 e. The zero-order valence-corrected chi connectivity index (χ0v) is 16.0. The van der Waals surface area contributed by atoms with Crippen LogP contribution in [0, 0.1) is 12.8 Å². The molecule has 26 heavy (non-hydrogen) atoms. The number of rotatable bonds is 5. The predicted octanol–water partition coefficient (Wildman–Crippen LogP) is 3.88. The normalized spacial score (nSPS) is 16.5. The number of aromatic nitrogens is 1. The molecule has 0 aliphatic carbocycles. The summed E-state index contributed by atoms with van der Waals surface area (Å²) in [5.74, 6) is 0.144. The molecule has 0 spiro atoms. The van der Waals surface area contributed by atoms with Crippen molar-refractivity contribution in [2.24, 2.45) is 5.92 Å². The Bertz CT molecular complexity index is 822. The first-order valence-corrected chi connectivity index (χ1v) is 9.61. The largest absolute Gasteiger partial charge is 0.326 e. The summed E-state index contributed by atoms with van der Waals surface area (Å²) < 4.78 is 0. The maximum atomic E-state index is 13.0. The number of amides is 2. The number of benzene rings is 1. The van der Waals surface area contributed by atoms with Gasteiger partial charge in [0.1, 0.15) is 5.03 Å². The van der Waals surface area contributed by atoms with Gasteiger partial charge in [-0.3, -0.25) is 9.59 Å². The number of nitrogens with zero attached hydrogens (tertiary/aromatic N) is 2. The lowest BCUT2D eigenvalue weighted by atomic mass is 10.1. The third kappa shape index (κ3) is 4.25. The van der Waals surface area contributed by atoms with Crippen LogP contribution in [-0.2, 0) is 9.59 Å². The first-order valence-electron chi connectivity index (χ1n) is 8.73. The second-order valence-electron chi connectivity index (χ2n) is 6.90. The quantitative estimate of drug-likeness (QED) is 0.869. The second kappa shape index (κ2) is 7.91. The number of pyridine rings is 1. The van der Waals surface area contributed by atoms with Gasteiger partial charge in [0.2, 0.25) is 11.8 Å². The Balaban J connectivity index is 1.75. The molecule has 1 aliphatic heterocycles. The van der Waals surface area contributed by atoms with Crippen molar-refractivity contribution >= 4 is 35.0 Å². The summed E-state index contributed by atoms with van der Waals surface area (Å²) in [6.07, 6.45) is 1.85. The van der Waals surface area contributed by atoms with Crippen molar-refractivity contribution < 1.29 is 9.59 Å². The SMILES string of the molecule is Cc1cccc(NC(=O)C[C@H]2Sc3ncccc3N(CC(C)C)C2=O)c1. The van der Waals surface area contributed by atoms with Gasteiger partial charge in [-0.25, -0.2) is 4.98 Å². The molecule has 2 heterocycles. The molecule has 1 atom stereocenters. The first kappa shape index (κ1) is 18.5. The molecule has 1 aliphatic rings. The standard InChI is InChI=1S/C20H23N3O2S/c1-13(2)12-23-16-8-5-9-21-19(16)26-17(20(23)25)11-18(24)22-15-7-4-6-14(3)10-15/h4-10,13,17H,11-12H2,1-3H3,(H,22,24)/t17-/m1/s1. The number of aryl methyl sites for hydroxylation is 1. The molecular formula is C20H23N3O2S. The molecule has 0 saturated carbocycles. The fourth-order valence-corrected chi connectivity index (χ4v) is 4.09. The van der Waals surface area contributed by atoms with Crippen LogP contribution in [0.4, 0.5) is 11.4 Å². The van der Waals surface area contributed by atoms with E-state index in [1.54, 1.807) is 11.1 Å². The molecule has 0 unspecified atom stereocenters. The van der Waals surface area contributed by atoms with E-state index in [1.165, 1.54) is 11.8 Å². The van der Waals surface area contributed by atoms with E-state index in [0.29, 0.717) is 12.5 Å². The Labute approximate surface area is 158 Å². The number of hydrogen-bond acceptors (Lipinski definition) is 4. The molecule has 2 aromatic rings. The molecule has 6 heteroatoms. The van der Waals surface area contributed by atoms with Gasteiger partial charge < -0.3 is 10.2 Å². The van der Waals surface area contributed by atoms with E-state index in [0.717, 1.165) is 22.0 Å². The molecule has 1 N–H and O–H groups in total. The molecule has 1 aromatic heterocycles. The third-order valence-electron chi connectivity index (χ3n) is 4.06. The van der Waals surface area contributed by atoms with E-state index in [1.807, 2.05) is 43.3 Å². The van der Waals surface area contributed by atoms with Crippen molar-refractivity contribution in [1.82, 2.24) is 4.98 Å². The summed E-state index contributed by atoms with van der Waals surface area (Å²) >= 11 is 1.37. The van der Waals surface area contributed by atoms with Crippen molar-refractivity contribution in [3.8, 4) is 0 Å². The van der Waals surface area contributed by atoms with Crippen LogP contribution in [0.3, 0.4) is 0 Å². The Morgan fingerprint density at radius 2 is 2.12 bits per heavy atom. The summed E-state index contributed by atoms with van der Waals surface area (Å²) in [4.78, 5) is 31.6. The second-order valence-corrected chi connectivity index (χ2v) is 8.09. The number of fused-ring (bicyclic) bond motifs is 1. The first-order chi connectivity index (χ1) is 12.4. The van der Waals surface area contributed by atoms with E-state index in [2.05, 4.69) is 24.1 Å². The van der Waals surface area contributed by atoms with E-state index in [-0.39, 0.29) is 18.2 Å². The van der Waals surface area contributed by atoms with Gasteiger partial charge in [0.05, 0.1) is 10.9 Å². The van der Waals surface area contributed by atoms with Gasteiger partial charge in [-0.2, -0.15) is 0 Å². The van der Waals surface area contributed by atoms with Crippen LogP contribution >= 0.6 is 11.8 Å². The fraction of sp³-hybridized carbons (Fsp3) is 0.350. The van der Waals surface area contributed by atoms with E-state index in [4.69, 9.17) is 0 Å². The van der Waals surface area contributed by atoms with Crippen molar-refractivity contribution in [2.45, 2.75) is 37.5 Å². The van der Waals surface area contributed by atoms with Crippen molar-refractivity contribution in [3.63, 3.8) is 0 Å².